The van der Waals surface area contributed by atoms with Gasteiger partial charge >= 0.3 is 0 Å². The molecule has 0 aliphatic carbocycles. The van der Waals surface area contributed by atoms with Crippen LogP contribution < -0.4 is 10.6 Å². The minimum Gasteiger partial charge on any atom is -0.356 e. The Morgan fingerprint density at radius 3 is 2.46 bits per heavy atom. The molecule has 5 nitrogen and oxygen atoms in total. The first-order valence-corrected chi connectivity index (χ1v) is 9.39. The number of piperazine rings is 1. The molecule has 0 amide bonds. The molecule has 1 aromatic rings. The molecular formula is C20H36IN5. The molecule has 0 bridgehead atoms. The van der Waals surface area contributed by atoms with Gasteiger partial charge in [-0.25, -0.2) is 0 Å². The van der Waals surface area contributed by atoms with E-state index in [0.29, 0.717) is 5.92 Å². The van der Waals surface area contributed by atoms with Crippen LogP contribution in [0.5, 0.6) is 0 Å². The lowest BCUT2D eigenvalue weighted by atomic mass is 10.1. The number of aliphatic imine (C=N–C) groups is 1. The van der Waals surface area contributed by atoms with E-state index in [1.807, 2.05) is 7.05 Å². The third-order valence-electron chi connectivity index (χ3n) is 4.95. The van der Waals surface area contributed by atoms with Crippen molar-refractivity contribution in [1.29, 1.82) is 0 Å². The van der Waals surface area contributed by atoms with Crippen LogP contribution in [0.3, 0.4) is 0 Å². The van der Waals surface area contributed by atoms with Crippen molar-refractivity contribution in [3.8, 4) is 0 Å². The number of hydrogen-bond acceptors (Lipinski definition) is 3. The number of nitrogens with zero attached hydrogens (tertiary/aromatic N) is 3. The van der Waals surface area contributed by atoms with E-state index in [2.05, 4.69) is 71.4 Å². The Morgan fingerprint density at radius 2 is 1.85 bits per heavy atom. The number of rotatable bonds is 6. The molecule has 1 atom stereocenters. The summed E-state index contributed by atoms with van der Waals surface area (Å²) in [4.78, 5) is 9.32. The average Bonchev–Trinajstić information content (AvgIpc) is 2.58. The van der Waals surface area contributed by atoms with E-state index in [1.54, 1.807) is 0 Å². The smallest absolute Gasteiger partial charge is 0.191 e. The van der Waals surface area contributed by atoms with Crippen LogP contribution >= 0.6 is 24.0 Å². The van der Waals surface area contributed by atoms with Crippen LogP contribution in [0.4, 0.5) is 0 Å². The first-order chi connectivity index (χ1) is 12.0. The van der Waals surface area contributed by atoms with Crippen molar-refractivity contribution in [3.05, 3.63) is 34.9 Å². The summed E-state index contributed by atoms with van der Waals surface area (Å²) in [6.45, 7) is 14.2. The largest absolute Gasteiger partial charge is 0.356 e. The summed E-state index contributed by atoms with van der Waals surface area (Å²) in [6, 6.07) is 6.59. The molecule has 1 unspecified atom stereocenters. The summed E-state index contributed by atoms with van der Waals surface area (Å²) in [5.41, 5.74) is 3.95. The van der Waals surface area contributed by atoms with Gasteiger partial charge in [0.05, 0.1) is 0 Å². The van der Waals surface area contributed by atoms with Gasteiger partial charge in [0.1, 0.15) is 0 Å². The fourth-order valence-corrected chi connectivity index (χ4v) is 3.25. The van der Waals surface area contributed by atoms with Crippen LogP contribution in [-0.4, -0.2) is 69.1 Å². The van der Waals surface area contributed by atoms with Crippen LogP contribution in [0, 0.1) is 19.8 Å². The standard InChI is InChI=1S/C20H35N5.HI/c1-16-6-7-19(18(3)12-16)14-23-20(21-4)22-13-17(2)15-25-10-8-24(5)9-11-25;/h6-7,12,17H,8-11,13-15H2,1-5H3,(H2,21,22,23);1H. The number of hydrogen-bond donors (Lipinski definition) is 2. The van der Waals surface area contributed by atoms with Crippen molar-refractivity contribution in [2.75, 3.05) is 53.4 Å². The highest BCUT2D eigenvalue weighted by Gasteiger charge is 2.16. The van der Waals surface area contributed by atoms with Crippen molar-refractivity contribution in [3.63, 3.8) is 0 Å². The van der Waals surface area contributed by atoms with Crippen molar-refractivity contribution in [2.45, 2.75) is 27.3 Å². The highest BCUT2D eigenvalue weighted by atomic mass is 127. The summed E-state index contributed by atoms with van der Waals surface area (Å²) < 4.78 is 0. The second kappa shape index (κ2) is 11.8. The summed E-state index contributed by atoms with van der Waals surface area (Å²) in [6.07, 6.45) is 0. The third kappa shape index (κ3) is 7.80. The van der Waals surface area contributed by atoms with Crippen molar-refractivity contribution in [1.82, 2.24) is 20.4 Å². The molecule has 2 N–H and O–H groups in total. The molecule has 1 heterocycles. The quantitative estimate of drug-likeness (QED) is 0.379. The Labute approximate surface area is 176 Å². The molecule has 1 fully saturated rings. The average molecular weight is 473 g/mol. The second-order valence-electron chi connectivity index (χ2n) is 7.45. The van der Waals surface area contributed by atoms with Crippen molar-refractivity contribution in [2.24, 2.45) is 10.9 Å². The Balaban J connectivity index is 0.00000338. The number of benzene rings is 1. The van der Waals surface area contributed by atoms with E-state index in [4.69, 9.17) is 0 Å². The fraction of sp³-hybridized carbons (Fsp3) is 0.650. The zero-order valence-electron chi connectivity index (χ0n) is 17.0. The van der Waals surface area contributed by atoms with Crippen LogP contribution in [-0.2, 0) is 6.54 Å². The van der Waals surface area contributed by atoms with Gasteiger partial charge in [-0.15, -0.1) is 24.0 Å². The molecule has 0 saturated carbocycles. The van der Waals surface area contributed by atoms with E-state index < -0.39 is 0 Å². The Hall–Kier alpha value is -0.860. The molecule has 1 aromatic carbocycles. The summed E-state index contributed by atoms with van der Waals surface area (Å²) in [5.74, 6) is 1.48. The number of likely N-dealkylation sites (N-methyl/N-ethyl adjacent to an activating group) is 1. The zero-order chi connectivity index (χ0) is 18.2. The Kier molecular flexibility index (Phi) is 10.5. The van der Waals surface area contributed by atoms with Gasteiger partial charge in [-0.05, 0) is 37.9 Å². The molecule has 0 aromatic heterocycles. The van der Waals surface area contributed by atoms with Gasteiger partial charge < -0.3 is 20.4 Å². The summed E-state index contributed by atoms with van der Waals surface area (Å²) in [5, 5.41) is 6.90. The van der Waals surface area contributed by atoms with Crippen LogP contribution in [0.25, 0.3) is 0 Å². The number of nitrogens with one attached hydrogen (secondary N) is 2. The van der Waals surface area contributed by atoms with Crippen LogP contribution in [0.2, 0.25) is 0 Å². The van der Waals surface area contributed by atoms with Crippen molar-refractivity contribution < 1.29 is 0 Å². The highest BCUT2D eigenvalue weighted by Crippen LogP contribution is 2.10. The lowest BCUT2D eigenvalue weighted by Crippen LogP contribution is -2.47. The van der Waals surface area contributed by atoms with Gasteiger partial charge in [0.25, 0.3) is 0 Å². The SMILES string of the molecule is CN=C(NCc1ccc(C)cc1C)NCC(C)CN1CCN(C)CC1.I. The lowest BCUT2D eigenvalue weighted by Gasteiger charge is -2.34. The summed E-state index contributed by atoms with van der Waals surface area (Å²) in [7, 11) is 4.04. The van der Waals surface area contributed by atoms with Gasteiger partial charge in [-0.1, -0.05) is 30.7 Å². The van der Waals surface area contributed by atoms with Gasteiger partial charge in [0.2, 0.25) is 0 Å². The maximum atomic E-state index is 4.35. The number of guanidine groups is 1. The predicted octanol–water partition coefficient (Wildman–Crippen LogP) is 2.47. The van der Waals surface area contributed by atoms with E-state index in [-0.39, 0.29) is 24.0 Å². The predicted molar refractivity (Wildman–Crippen MR) is 123 cm³/mol. The summed E-state index contributed by atoms with van der Waals surface area (Å²) >= 11 is 0. The van der Waals surface area contributed by atoms with Crippen LogP contribution in [0.15, 0.2) is 23.2 Å². The molecule has 26 heavy (non-hydrogen) atoms. The molecule has 6 heteroatoms. The Morgan fingerprint density at radius 1 is 1.15 bits per heavy atom. The number of aryl methyl sites for hydroxylation is 2. The molecule has 0 spiro atoms. The Bertz CT molecular complexity index is 567. The zero-order valence-corrected chi connectivity index (χ0v) is 19.3. The normalized spacial score (nSPS) is 17.5. The molecular weight excluding hydrogens is 437 g/mol. The fourth-order valence-electron chi connectivity index (χ4n) is 3.25. The molecule has 2 rings (SSSR count). The monoisotopic (exact) mass is 473 g/mol. The minimum absolute atomic E-state index is 0. The van der Waals surface area contributed by atoms with Gasteiger partial charge in [0.15, 0.2) is 5.96 Å². The minimum atomic E-state index is 0. The first kappa shape index (κ1) is 23.2. The first-order valence-electron chi connectivity index (χ1n) is 9.39. The highest BCUT2D eigenvalue weighted by molar-refractivity contribution is 14.0. The molecule has 1 aliphatic rings. The maximum Gasteiger partial charge on any atom is 0.191 e. The van der Waals surface area contributed by atoms with Gasteiger partial charge in [0, 0.05) is 52.9 Å². The van der Waals surface area contributed by atoms with Gasteiger partial charge in [-0.3, -0.25) is 4.99 Å². The molecule has 1 aliphatic heterocycles. The molecule has 148 valence electrons. The van der Waals surface area contributed by atoms with Crippen LogP contribution in [0.1, 0.15) is 23.6 Å². The maximum absolute atomic E-state index is 4.35. The van der Waals surface area contributed by atoms with E-state index >= 15 is 0 Å². The molecule has 0 radical (unpaired) electrons. The van der Waals surface area contributed by atoms with E-state index in [1.165, 1.54) is 42.9 Å². The number of halogens is 1. The van der Waals surface area contributed by atoms with Gasteiger partial charge in [-0.2, -0.15) is 0 Å². The topological polar surface area (TPSA) is 42.9 Å². The lowest BCUT2D eigenvalue weighted by molar-refractivity contribution is 0.139. The van der Waals surface area contributed by atoms with E-state index in [0.717, 1.165) is 25.6 Å². The van der Waals surface area contributed by atoms with Crippen molar-refractivity contribution >= 4 is 29.9 Å². The molecule has 1 saturated heterocycles. The second-order valence-corrected chi connectivity index (χ2v) is 7.45. The van der Waals surface area contributed by atoms with E-state index in [9.17, 15) is 0 Å². The third-order valence-corrected chi connectivity index (χ3v) is 4.95.